The fourth-order valence-corrected chi connectivity index (χ4v) is 14.9. The van der Waals surface area contributed by atoms with Gasteiger partial charge in [-0.25, -0.2) is 0 Å². The van der Waals surface area contributed by atoms with Gasteiger partial charge in [-0.3, -0.25) is 0 Å². The summed E-state index contributed by atoms with van der Waals surface area (Å²) in [6, 6.07) is 33.9. The van der Waals surface area contributed by atoms with Gasteiger partial charge in [0.2, 0.25) is 0 Å². The van der Waals surface area contributed by atoms with Crippen LogP contribution in [-0.2, 0) is 59.0 Å². The minimum atomic E-state index is -2.74. The van der Waals surface area contributed by atoms with Crippen molar-refractivity contribution < 1.29 is 57.7 Å². The molecule has 0 saturated carbocycles. The van der Waals surface area contributed by atoms with Gasteiger partial charge in [-0.15, -0.1) is 0 Å². The Morgan fingerprint density at radius 1 is 0.500 bits per heavy atom. The number of benzene rings is 4. The summed E-state index contributed by atoms with van der Waals surface area (Å²) in [5.74, 6) is 0. The molecule has 46 heavy (non-hydrogen) atoms. The molecule has 4 aromatic carbocycles. The van der Waals surface area contributed by atoms with E-state index in [1.807, 2.05) is 0 Å². The fraction of sp³-hybridized carbons (Fsp3) is 0.317. The van der Waals surface area contributed by atoms with Gasteiger partial charge in [-0.1, -0.05) is 0 Å². The first-order chi connectivity index (χ1) is 20.8. The number of hydrogen-bond acceptors (Lipinski definition) is 0. The zero-order chi connectivity index (χ0) is 30.6. The fourth-order valence-electron chi connectivity index (χ4n) is 6.98. The molecule has 0 heterocycles. The Kier molecular flexibility index (Phi) is 15.4. The molecular formula is C41H47Cl3SiTi. The van der Waals surface area contributed by atoms with Gasteiger partial charge in [0.1, 0.15) is 0 Å². The minimum absolute atomic E-state index is 0. The van der Waals surface area contributed by atoms with Crippen LogP contribution in [-0.4, -0.2) is 8.07 Å². The average Bonchev–Trinajstić information content (AvgIpc) is 3.47. The Balaban J connectivity index is 0.00000245. The molecule has 0 spiro atoms. The first-order valence-corrected chi connectivity index (χ1v) is 19.2. The van der Waals surface area contributed by atoms with Crippen LogP contribution in [0.4, 0.5) is 0 Å². The van der Waals surface area contributed by atoms with Crippen molar-refractivity contribution in [1.82, 2.24) is 0 Å². The molecular weight excluding hydrogens is 675 g/mol. The summed E-state index contributed by atoms with van der Waals surface area (Å²) in [5, 5.41) is 4.64. The molecule has 0 saturated heterocycles. The zero-order valence-electron chi connectivity index (χ0n) is 28.2. The van der Waals surface area contributed by atoms with Gasteiger partial charge in [0.05, 0.1) is 0 Å². The van der Waals surface area contributed by atoms with Gasteiger partial charge in [-0.2, -0.15) is 0 Å². The third-order valence-corrected chi connectivity index (χ3v) is 16.8. The molecule has 5 rings (SSSR count). The molecule has 1 aliphatic carbocycles. The van der Waals surface area contributed by atoms with Crippen LogP contribution in [0.25, 0.3) is 5.57 Å². The Hall–Kier alpha value is -1.84. The SMILES string of the molecule is CCc1cc(CC)cc([Si](c2cc(CC)cc(CC)c2)(c2cc(CC)cc(CC)c2)[C]2([Ti+3])C=CC(c3ccccc3)=C2)c1.[Cl-].[Cl-].[Cl-]. The largest absolute Gasteiger partial charge is 1.00 e. The number of halogens is 3. The smallest absolute Gasteiger partial charge is 1.00 e. The number of allylic oxidation sites excluding steroid dienone is 4. The van der Waals surface area contributed by atoms with Crippen molar-refractivity contribution in [3.05, 3.63) is 142 Å². The second-order valence-corrected chi connectivity index (χ2v) is 18.3. The topological polar surface area (TPSA) is 0 Å². The van der Waals surface area contributed by atoms with Gasteiger partial charge in [-0.05, 0) is 0 Å². The normalized spacial score (nSPS) is 15.4. The van der Waals surface area contributed by atoms with E-state index in [-0.39, 0.29) is 40.6 Å². The van der Waals surface area contributed by atoms with Crippen LogP contribution in [0.5, 0.6) is 0 Å². The van der Waals surface area contributed by atoms with E-state index in [9.17, 15) is 0 Å². The maximum Gasteiger partial charge on any atom is -1.00 e. The summed E-state index contributed by atoms with van der Waals surface area (Å²) in [5.41, 5.74) is 11.4. The van der Waals surface area contributed by atoms with Crippen molar-refractivity contribution in [2.45, 2.75) is 83.4 Å². The van der Waals surface area contributed by atoms with Gasteiger partial charge in [0.15, 0.2) is 0 Å². The van der Waals surface area contributed by atoms with Crippen molar-refractivity contribution in [2.24, 2.45) is 0 Å². The van der Waals surface area contributed by atoms with Crippen LogP contribution >= 0.6 is 0 Å². The van der Waals surface area contributed by atoms with Crippen LogP contribution in [0.2, 0.25) is 3.34 Å². The molecule has 0 nitrogen and oxygen atoms in total. The zero-order valence-corrected chi connectivity index (χ0v) is 33.0. The van der Waals surface area contributed by atoms with E-state index in [2.05, 4.69) is 165 Å². The van der Waals surface area contributed by atoms with E-state index >= 15 is 0 Å². The van der Waals surface area contributed by atoms with Gasteiger partial charge < -0.3 is 37.2 Å². The van der Waals surface area contributed by atoms with Crippen LogP contribution in [0, 0.1) is 0 Å². The van der Waals surface area contributed by atoms with Gasteiger partial charge >= 0.3 is 275 Å². The molecule has 0 N–H and O–H groups in total. The Morgan fingerprint density at radius 3 is 1.13 bits per heavy atom. The maximum absolute atomic E-state index is 2.74. The van der Waals surface area contributed by atoms with E-state index in [1.54, 1.807) is 15.6 Å². The summed E-state index contributed by atoms with van der Waals surface area (Å²) < 4.78 is -0.162. The molecule has 240 valence electrons. The monoisotopic (exact) mass is 720 g/mol. The quantitative estimate of drug-likeness (QED) is 0.144. The second kappa shape index (κ2) is 17.5. The third kappa shape index (κ3) is 7.72. The average molecular weight is 722 g/mol. The van der Waals surface area contributed by atoms with Gasteiger partial charge in [0, 0.05) is 0 Å². The summed E-state index contributed by atoms with van der Waals surface area (Å²) in [6.07, 6.45) is 13.9. The predicted octanol–water partition coefficient (Wildman–Crippen LogP) is -0.559. The molecule has 4 aromatic rings. The summed E-state index contributed by atoms with van der Waals surface area (Å²) in [4.78, 5) is 0. The molecule has 0 radical (unpaired) electrons. The standard InChI is InChI=1S/C41H47Si.3ClH.Ti/c1-7-30-20-31(8-2)24-39(23-30)42(40-25-32(9-3)21-33(10-4)26-40,41-27-34(11-5)22-35(12-6)28-41)38-19-18-37(29-38)36-16-14-13-15-17-36;;;;/h13-29H,7-12H2,1-6H3;3*1H;/q;;;;+3/p-3. The molecule has 0 amide bonds. The Morgan fingerprint density at radius 2 is 0.826 bits per heavy atom. The molecule has 1 unspecified atom stereocenters. The molecule has 5 heteroatoms. The molecule has 1 aliphatic rings. The van der Waals surface area contributed by atoms with Crippen molar-refractivity contribution >= 4 is 29.2 Å². The number of aryl methyl sites for hydroxylation is 6. The van der Waals surface area contributed by atoms with Crippen molar-refractivity contribution in [3.63, 3.8) is 0 Å². The van der Waals surface area contributed by atoms with Crippen LogP contribution in [0.1, 0.15) is 80.5 Å². The second-order valence-electron chi connectivity index (χ2n) is 12.2. The Labute approximate surface area is 310 Å². The summed E-state index contributed by atoms with van der Waals surface area (Å²) in [6.45, 7) is 13.9. The van der Waals surface area contributed by atoms with Crippen LogP contribution in [0.3, 0.4) is 0 Å². The third-order valence-electron chi connectivity index (χ3n) is 9.54. The molecule has 0 aliphatic heterocycles. The van der Waals surface area contributed by atoms with Crippen molar-refractivity contribution in [2.75, 3.05) is 0 Å². The molecule has 1 atom stereocenters. The molecule has 0 fully saturated rings. The van der Waals surface area contributed by atoms with Crippen molar-refractivity contribution in [3.8, 4) is 0 Å². The summed E-state index contributed by atoms with van der Waals surface area (Å²) >= 11 is 2.55. The van der Waals surface area contributed by atoms with E-state index < -0.39 is 8.07 Å². The predicted molar refractivity (Wildman–Crippen MR) is 187 cm³/mol. The number of hydrogen-bond donors (Lipinski definition) is 0. The van der Waals surface area contributed by atoms with E-state index in [0.717, 1.165) is 38.5 Å². The first kappa shape index (κ1) is 40.3. The molecule has 0 aromatic heterocycles. The Bertz CT molecular complexity index is 1460. The number of rotatable bonds is 11. The van der Waals surface area contributed by atoms with Crippen LogP contribution in [0.15, 0.2) is 103 Å². The van der Waals surface area contributed by atoms with Gasteiger partial charge in [0.25, 0.3) is 0 Å². The minimum Gasteiger partial charge on any atom is -1.00 e. The maximum atomic E-state index is 2.63. The first-order valence-electron chi connectivity index (χ1n) is 16.5. The van der Waals surface area contributed by atoms with E-state index in [4.69, 9.17) is 0 Å². The summed E-state index contributed by atoms with van der Waals surface area (Å²) in [7, 11) is -2.74. The van der Waals surface area contributed by atoms with Crippen LogP contribution < -0.4 is 52.8 Å². The van der Waals surface area contributed by atoms with E-state index in [1.165, 1.54) is 44.5 Å². The molecule has 0 bridgehead atoms. The van der Waals surface area contributed by atoms with Crippen molar-refractivity contribution in [1.29, 1.82) is 0 Å². The van der Waals surface area contributed by atoms with E-state index in [0.29, 0.717) is 0 Å².